The summed E-state index contributed by atoms with van der Waals surface area (Å²) in [5.41, 5.74) is 5.66. The van der Waals surface area contributed by atoms with Crippen LogP contribution in [-0.4, -0.2) is 42.9 Å². The molecule has 0 saturated carbocycles. The minimum atomic E-state index is -0.649. The molecule has 0 aliphatic carbocycles. The molecular weight excluding hydrogens is 272 g/mol. The summed E-state index contributed by atoms with van der Waals surface area (Å²) in [5, 5.41) is 7.70. The van der Waals surface area contributed by atoms with E-state index in [1.807, 2.05) is 27.7 Å². The first-order valence-corrected chi connectivity index (χ1v) is 7.25. The number of hydrogen-bond acceptors (Lipinski definition) is 4. The molecule has 7 nitrogen and oxygen atoms in total. The van der Waals surface area contributed by atoms with E-state index in [0.29, 0.717) is 12.5 Å². The molecular formula is C14H28N4O3. The van der Waals surface area contributed by atoms with Gasteiger partial charge in [-0.2, -0.15) is 0 Å². The number of rotatable bonds is 8. The van der Waals surface area contributed by atoms with E-state index in [1.54, 1.807) is 6.92 Å². The van der Waals surface area contributed by atoms with E-state index in [1.165, 1.54) is 0 Å². The third kappa shape index (κ3) is 8.29. The van der Waals surface area contributed by atoms with E-state index >= 15 is 0 Å². The van der Waals surface area contributed by atoms with Crippen LogP contribution in [0, 0.1) is 11.8 Å². The molecule has 2 atom stereocenters. The van der Waals surface area contributed by atoms with Gasteiger partial charge in [0.15, 0.2) is 0 Å². The summed E-state index contributed by atoms with van der Waals surface area (Å²) in [6, 6.07) is -1.29. The van der Waals surface area contributed by atoms with Crippen molar-refractivity contribution < 1.29 is 14.4 Å². The normalized spacial score (nSPS) is 13.7. The van der Waals surface area contributed by atoms with Crippen molar-refractivity contribution in [3.05, 3.63) is 0 Å². The lowest BCUT2D eigenvalue weighted by Crippen LogP contribution is -2.51. The molecule has 7 heteroatoms. The summed E-state index contributed by atoms with van der Waals surface area (Å²) in [6.07, 6.45) is 0. The number of nitrogens with one attached hydrogen (secondary N) is 3. The maximum absolute atomic E-state index is 11.7. The van der Waals surface area contributed by atoms with Gasteiger partial charge in [-0.15, -0.1) is 0 Å². The van der Waals surface area contributed by atoms with E-state index in [0.717, 1.165) is 0 Å². The lowest BCUT2D eigenvalue weighted by molar-refractivity contribution is -0.130. The van der Waals surface area contributed by atoms with Gasteiger partial charge in [-0.25, -0.2) is 0 Å². The Labute approximate surface area is 126 Å². The number of amides is 3. The highest BCUT2D eigenvalue weighted by atomic mass is 16.2. The van der Waals surface area contributed by atoms with Crippen molar-refractivity contribution >= 4 is 17.7 Å². The van der Waals surface area contributed by atoms with Gasteiger partial charge < -0.3 is 21.7 Å². The van der Waals surface area contributed by atoms with Crippen LogP contribution in [0.4, 0.5) is 0 Å². The second-order valence-corrected chi connectivity index (χ2v) is 5.92. The van der Waals surface area contributed by atoms with Crippen molar-refractivity contribution in [2.45, 2.75) is 46.7 Å². The molecule has 0 saturated heterocycles. The average Bonchev–Trinajstić information content (AvgIpc) is 2.40. The van der Waals surface area contributed by atoms with Gasteiger partial charge in [0.05, 0.1) is 12.6 Å². The monoisotopic (exact) mass is 300 g/mol. The van der Waals surface area contributed by atoms with Crippen LogP contribution in [0.2, 0.25) is 0 Å². The first-order valence-electron chi connectivity index (χ1n) is 7.25. The number of carbonyl (C=O) groups is 3. The molecule has 0 heterocycles. The predicted octanol–water partition coefficient (Wildman–Crippen LogP) is -0.637. The fourth-order valence-corrected chi connectivity index (χ4v) is 1.40. The molecule has 0 fully saturated rings. The quantitative estimate of drug-likeness (QED) is 0.477. The predicted molar refractivity (Wildman–Crippen MR) is 81.3 cm³/mol. The molecule has 0 radical (unpaired) electrons. The van der Waals surface area contributed by atoms with Crippen molar-refractivity contribution in [2.75, 3.05) is 13.1 Å². The lowest BCUT2D eigenvalue weighted by atomic mass is 10.1. The van der Waals surface area contributed by atoms with Gasteiger partial charge in [-0.05, 0) is 18.8 Å². The molecule has 5 N–H and O–H groups in total. The molecule has 122 valence electrons. The zero-order chi connectivity index (χ0) is 16.6. The van der Waals surface area contributed by atoms with Gasteiger partial charge in [-0.1, -0.05) is 27.7 Å². The summed E-state index contributed by atoms with van der Waals surface area (Å²) in [5.74, 6) is -0.715. The Hall–Kier alpha value is -1.63. The topological polar surface area (TPSA) is 113 Å². The fourth-order valence-electron chi connectivity index (χ4n) is 1.40. The van der Waals surface area contributed by atoms with Gasteiger partial charge in [0.1, 0.15) is 6.04 Å². The first kappa shape index (κ1) is 19.4. The van der Waals surface area contributed by atoms with Crippen LogP contribution in [0.1, 0.15) is 34.6 Å². The molecule has 0 aliphatic heterocycles. The fraction of sp³-hybridized carbons (Fsp3) is 0.786. The van der Waals surface area contributed by atoms with Crippen LogP contribution in [0.5, 0.6) is 0 Å². The van der Waals surface area contributed by atoms with E-state index in [9.17, 15) is 14.4 Å². The Morgan fingerprint density at radius 2 is 1.52 bits per heavy atom. The third-order valence-electron chi connectivity index (χ3n) is 2.90. The van der Waals surface area contributed by atoms with Crippen LogP contribution in [-0.2, 0) is 14.4 Å². The molecule has 1 unspecified atom stereocenters. The first-order chi connectivity index (χ1) is 9.65. The second-order valence-electron chi connectivity index (χ2n) is 5.92. The van der Waals surface area contributed by atoms with Crippen LogP contribution >= 0.6 is 0 Å². The molecule has 0 aliphatic rings. The summed E-state index contributed by atoms with van der Waals surface area (Å²) in [7, 11) is 0. The molecule has 21 heavy (non-hydrogen) atoms. The van der Waals surface area contributed by atoms with Gasteiger partial charge >= 0.3 is 0 Å². The largest absolute Gasteiger partial charge is 0.354 e. The molecule has 0 aromatic carbocycles. The molecule has 0 spiro atoms. The number of carbonyl (C=O) groups excluding carboxylic acids is 3. The SMILES string of the molecule is CC(C)CNC(=O)C(C)NC(=O)CNC(=O)[C@@H](N)C(C)C. The highest BCUT2D eigenvalue weighted by Gasteiger charge is 2.19. The average molecular weight is 300 g/mol. The van der Waals surface area contributed by atoms with E-state index < -0.39 is 18.0 Å². The highest BCUT2D eigenvalue weighted by molar-refractivity contribution is 5.90. The Morgan fingerprint density at radius 3 is 2.00 bits per heavy atom. The molecule has 0 bridgehead atoms. The molecule has 0 aromatic rings. The Balaban J connectivity index is 4.08. The lowest BCUT2D eigenvalue weighted by Gasteiger charge is -2.17. The second kappa shape index (κ2) is 9.33. The summed E-state index contributed by atoms with van der Waals surface area (Å²) < 4.78 is 0. The zero-order valence-electron chi connectivity index (χ0n) is 13.5. The van der Waals surface area contributed by atoms with E-state index in [4.69, 9.17) is 5.73 Å². The van der Waals surface area contributed by atoms with Gasteiger partial charge in [0.25, 0.3) is 0 Å². The summed E-state index contributed by atoms with van der Waals surface area (Å²) in [6.45, 7) is 9.57. The maximum Gasteiger partial charge on any atom is 0.242 e. The van der Waals surface area contributed by atoms with Crippen molar-refractivity contribution in [3.63, 3.8) is 0 Å². The minimum absolute atomic E-state index is 0.00574. The summed E-state index contributed by atoms with van der Waals surface area (Å²) >= 11 is 0. The van der Waals surface area contributed by atoms with Gasteiger partial charge in [0.2, 0.25) is 17.7 Å². The molecule has 3 amide bonds. The van der Waals surface area contributed by atoms with Crippen LogP contribution in [0.25, 0.3) is 0 Å². The van der Waals surface area contributed by atoms with Crippen molar-refractivity contribution in [3.8, 4) is 0 Å². The van der Waals surface area contributed by atoms with Crippen molar-refractivity contribution in [2.24, 2.45) is 17.6 Å². The number of hydrogen-bond donors (Lipinski definition) is 4. The van der Waals surface area contributed by atoms with E-state index in [2.05, 4.69) is 16.0 Å². The minimum Gasteiger partial charge on any atom is -0.354 e. The Bertz CT molecular complexity index is 369. The van der Waals surface area contributed by atoms with Gasteiger partial charge in [-0.3, -0.25) is 14.4 Å². The molecule has 0 rings (SSSR count). The highest BCUT2D eigenvalue weighted by Crippen LogP contribution is 1.97. The Morgan fingerprint density at radius 1 is 0.952 bits per heavy atom. The standard InChI is InChI=1S/C14H28N4O3/c1-8(2)6-16-13(20)10(5)18-11(19)7-17-14(21)12(15)9(3)4/h8-10,12H,6-7,15H2,1-5H3,(H,16,20)(H,17,21)(H,18,19)/t10?,12-/m0/s1. The Kier molecular flexibility index (Phi) is 8.61. The smallest absolute Gasteiger partial charge is 0.242 e. The van der Waals surface area contributed by atoms with Crippen molar-refractivity contribution in [1.82, 2.24) is 16.0 Å². The van der Waals surface area contributed by atoms with E-state index in [-0.39, 0.29) is 24.3 Å². The van der Waals surface area contributed by atoms with Crippen LogP contribution < -0.4 is 21.7 Å². The van der Waals surface area contributed by atoms with Crippen LogP contribution in [0.15, 0.2) is 0 Å². The number of nitrogens with two attached hydrogens (primary N) is 1. The summed E-state index contributed by atoms with van der Waals surface area (Å²) in [4.78, 5) is 34.9. The third-order valence-corrected chi connectivity index (χ3v) is 2.90. The zero-order valence-corrected chi connectivity index (χ0v) is 13.5. The maximum atomic E-state index is 11.7. The van der Waals surface area contributed by atoms with Crippen LogP contribution in [0.3, 0.4) is 0 Å². The van der Waals surface area contributed by atoms with Gasteiger partial charge in [0, 0.05) is 6.54 Å². The van der Waals surface area contributed by atoms with Crippen molar-refractivity contribution in [1.29, 1.82) is 0 Å². The molecule has 0 aromatic heterocycles.